The number of fused-ring (bicyclic) bond motifs is 1. The third-order valence-corrected chi connectivity index (χ3v) is 3.47. The lowest BCUT2D eigenvalue weighted by molar-refractivity contribution is 0.101. The van der Waals surface area contributed by atoms with Gasteiger partial charge in [-0.15, -0.1) is 0 Å². The van der Waals surface area contributed by atoms with Gasteiger partial charge in [0.05, 0.1) is 12.8 Å². The van der Waals surface area contributed by atoms with Gasteiger partial charge in [-0.25, -0.2) is 0 Å². The lowest BCUT2D eigenvalue weighted by Crippen LogP contribution is -2.14. The van der Waals surface area contributed by atoms with Gasteiger partial charge in [0.2, 0.25) is 6.79 Å². The van der Waals surface area contributed by atoms with Crippen LogP contribution >= 0.6 is 0 Å². The van der Waals surface area contributed by atoms with Gasteiger partial charge in [0, 0.05) is 17.2 Å². The van der Waals surface area contributed by atoms with E-state index in [1.807, 2.05) is 0 Å². The molecule has 2 aromatic carbocycles. The van der Waals surface area contributed by atoms with Crippen molar-refractivity contribution in [1.82, 2.24) is 0 Å². The first-order chi connectivity index (χ1) is 11.1. The number of amides is 1. The molecule has 118 valence electrons. The molecule has 1 heterocycles. The predicted molar refractivity (Wildman–Crippen MR) is 83.5 cm³/mol. The summed E-state index contributed by atoms with van der Waals surface area (Å²) in [4.78, 5) is 24.2. The average molecular weight is 313 g/mol. The minimum Gasteiger partial charge on any atom is -0.497 e. The lowest BCUT2D eigenvalue weighted by atomic mass is 10.1. The lowest BCUT2D eigenvalue weighted by Gasteiger charge is -2.11. The third kappa shape index (κ3) is 2.96. The Bertz CT molecular complexity index is 785. The number of methoxy groups -OCH3 is 1. The van der Waals surface area contributed by atoms with Crippen molar-refractivity contribution in [3.8, 4) is 17.2 Å². The van der Waals surface area contributed by atoms with Crippen LogP contribution < -0.4 is 19.5 Å². The highest BCUT2D eigenvalue weighted by molar-refractivity contribution is 6.09. The second kappa shape index (κ2) is 6.00. The molecule has 1 amide bonds. The number of ketones is 1. The first-order valence-corrected chi connectivity index (χ1v) is 6.98. The van der Waals surface area contributed by atoms with Crippen LogP contribution in [0.5, 0.6) is 17.2 Å². The van der Waals surface area contributed by atoms with Crippen LogP contribution in [0.2, 0.25) is 0 Å². The Kier molecular flexibility index (Phi) is 3.89. The molecule has 0 unspecified atom stereocenters. The second-order valence-corrected chi connectivity index (χ2v) is 4.99. The minimum atomic E-state index is -0.342. The number of benzene rings is 2. The van der Waals surface area contributed by atoms with E-state index in [4.69, 9.17) is 14.2 Å². The summed E-state index contributed by atoms with van der Waals surface area (Å²) < 4.78 is 15.7. The smallest absolute Gasteiger partial charge is 0.255 e. The van der Waals surface area contributed by atoms with Crippen LogP contribution in [0.25, 0.3) is 0 Å². The second-order valence-electron chi connectivity index (χ2n) is 4.99. The van der Waals surface area contributed by atoms with Gasteiger partial charge in [-0.3, -0.25) is 9.59 Å². The molecular weight excluding hydrogens is 298 g/mol. The number of hydrogen-bond acceptors (Lipinski definition) is 5. The Balaban J connectivity index is 1.92. The van der Waals surface area contributed by atoms with Gasteiger partial charge in [0.25, 0.3) is 5.91 Å². The Hall–Kier alpha value is -3.02. The van der Waals surface area contributed by atoms with Crippen LogP contribution in [0.3, 0.4) is 0 Å². The average Bonchev–Trinajstić information content (AvgIpc) is 3.01. The van der Waals surface area contributed by atoms with Crippen molar-refractivity contribution in [2.75, 3.05) is 19.2 Å². The molecule has 6 nitrogen and oxygen atoms in total. The third-order valence-electron chi connectivity index (χ3n) is 3.47. The number of rotatable bonds is 4. The van der Waals surface area contributed by atoms with Crippen LogP contribution in [-0.4, -0.2) is 25.6 Å². The number of carbonyl (C=O) groups excluding carboxylic acids is 2. The predicted octanol–water partition coefficient (Wildman–Crippen LogP) is 2.88. The zero-order valence-electron chi connectivity index (χ0n) is 12.7. The summed E-state index contributed by atoms with van der Waals surface area (Å²) in [6.45, 7) is 1.53. The zero-order chi connectivity index (χ0) is 16.4. The van der Waals surface area contributed by atoms with Gasteiger partial charge >= 0.3 is 0 Å². The molecule has 0 atom stereocenters. The largest absolute Gasteiger partial charge is 0.497 e. The van der Waals surface area contributed by atoms with Crippen molar-refractivity contribution in [2.24, 2.45) is 0 Å². The van der Waals surface area contributed by atoms with E-state index in [1.165, 1.54) is 14.0 Å². The molecule has 0 radical (unpaired) electrons. The van der Waals surface area contributed by atoms with Crippen molar-refractivity contribution in [1.29, 1.82) is 0 Å². The Labute approximate surface area is 133 Å². The SMILES string of the molecule is COc1cccc(C(=O)Nc2cc3c(cc2C(C)=O)OCO3)c1. The van der Waals surface area contributed by atoms with Crippen LogP contribution in [0.1, 0.15) is 27.6 Å². The number of Topliss-reactive ketones (excluding diaryl/α,β-unsaturated/α-hetero) is 1. The Morgan fingerprint density at radius 3 is 2.57 bits per heavy atom. The molecule has 0 fully saturated rings. The molecule has 0 saturated carbocycles. The maximum atomic E-state index is 12.4. The fraction of sp³-hybridized carbons (Fsp3) is 0.176. The number of carbonyl (C=O) groups is 2. The molecule has 6 heteroatoms. The van der Waals surface area contributed by atoms with Crippen molar-refractivity contribution in [3.63, 3.8) is 0 Å². The van der Waals surface area contributed by atoms with E-state index in [-0.39, 0.29) is 18.5 Å². The highest BCUT2D eigenvalue weighted by Gasteiger charge is 2.20. The Morgan fingerprint density at radius 2 is 1.87 bits per heavy atom. The molecular formula is C17H15NO5. The molecule has 1 aliphatic heterocycles. The van der Waals surface area contributed by atoms with Gasteiger partial charge in [0.1, 0.15) is 5.75 Å². The molecule has 23 heavy (non-hydrogen) atoms. The van der Waals surface area contributed by atoms with Gasteiger partial charge in [0.15, 0.2) is 17.3 Å². The molecule has 1 N–H and O–H groups in total. The monoisotopic (exact) mass is 313 g/mol. The molecule has 3 rings (SSSR count). The maximum absolute atomic E-state index is 12.4. The minimum absolute atomic E-state index is 0.0972. The number of nitrogens with one attached hydrogen (secondary N) is 1. The topological polar surface area (TPSA) is 73.9 Å². The fourth-order valence-electron chi connectivity index (χ4n) is 2.30. The van der Waals surface area contributed by atoms with Crippen molar-refractivity contribution in [3.05, 3.63) is 47.5 Å². The van der Waals surface area contributed by atoms with Gasteiger partial charge in [-0.1, -0.05) is 6.07 Å². The maximum Gasteiger partial charge on any atom is 0.255 e. The quantitative estimate of drug-likeness (QED) is 0.879. The number of hydrogen-bond donors (Lipinski definition) is 1. The molecule has 0 saturated heterocycles. The molecule has 1 aliphatic rings. The van der Waals surface area contributed by atoms with Crippen LogP contribution in [0, 0.1) is 0 Å². The first kappa shape index (κ1) is 14.9. The van der Waals surface area contributed by atoms with E-state index in [0.717, 1.165) is 0 Å². The molecule has 2 aromatic rings. The van der Waals surface area contributed by atoms with E-state index in [0.29, 0.717) is 34.1 Å². The normalized spacial score (nSPS) is 11.9. The van der Waals surface area contributed by atoms with Crippen molar-refractivity contribution >= 4 is 17.4 Å². The summed E-state index contributed by atoms with van der Waals surface area (Å²) >= 11 is 0. The molecule has 0 aliphatic carbocycles. The zero-order valence-corrected chi connectivity index (χ0v) is 12.7. The number of ether oxygens (including phenoxy) is 3. The summed E-state index contributed by atoms with van der Waals surface area (Å²) in [5.41, 5.74) is 1.18. The van der Waals surface area contributed by atoms with Gasteiger partial charge in [-0.2, -0.15) is 0 Å². The van der Waals surface area contributed by atoms with E-state index in [9.17, 15) is 9.59 Å². The summed E-state index contributed by atoms with van der Waals surface area (Å²) in [5, 5.41) is 2.74. The van der Waals surface area contributed by atoms with E-state index in [2.05, 4.69) is 5.32 Å². The molecule has 0 aromatic heterocycles. The first-order valence-electron chi connectivity index (χ1n) is 6.98. The van der Waals surface area contributed by atoms with Crippen LogP contribution in [0.15, 0.2) is 36.4 Å². The summed E-state index contributed by atoms with van der Waals surface area (Å²) in [6.07, 6.45) is 0. The van der Waals surface area contributed by atoms with E-state index >= 15 is 0 Å². The molecule has 0 spiro atoms. The fourth-order valence-corrected chi connectivity index (χ4v) is 2.30. The molecule has 0 bridgehead atoms. The standard InChI is InChI=1S/C17H15NO5/c1-10(19)13-7-15-16(23-9-22-15)8-14(13)18-17(20)11-4-3-5-12(6-11)21-2/h3-8H,9H2,1-2H3,(H,18,20). The van der Waals surface area contributed by atoms with E-state index in [1.54, 1.807) is 36.4 Å². The Morgan fingerprint density at radius 1 is 1.13 bits per heavy atom. The summed E-state index contributed by atoms with van der Waals surface area (Å²) in [7, 11) is 1.53. The van der Waals surface area contributed by atoms with Crippen molar-refractivity contribution < 1.29 is 23.8 Å². The van der Waals surface area contributed by atoms with E-state index < -0.39 is 0 Å². The summed E-state index contributed by atoms with van der Waals surface area (Å²) in [5.74, 6) is 1.05. The van der Waals surface area contributed by atoms with Gasteiger partial charge in [-0.05, 0) is 31.2 Å². The highest BCUT2D eigenvalue weighted by atomic mass is 16.7. The van der Waals surface area contributed by atoms with Crippen LogP contribution in [0.4, 0.5) is 5.69 Å². The number of anilines is 1. The summed E-state index contributed by atoms with van der Waals surface area (Å²) in [6, 6.07) is 9.93. The van der Waals surface area contributed by atoms with Gasteiger partial charge < -0.3 is 19.5 Å². The van der Waals surface area contributed by atoms with Crippen LogP contribution in [-0.2, 0) is 0 Å². The van der Waals surface area contributed by atoms with Crippen molar-refractivity contribution in [2.45, 2.75) is 6.92 Å². The highest BCUT2D eigenvalue weighted by Crippen LogP contribution is 2.37.